The van der Waals surface area contributed by atoms with Gasteiger partial charge in [0.1, 0.15) is 0 Å². The summed E-state index contributed by atoms with van der Waals surface area (Å²) in [4.78, 5) is 28.4. The fourth-order valence-corrected chi connectivity index (χ4v) is 4.91. The number of carbonyl (C=O) groups is 2. The Bertz CT molecular complexity index is 1170. The Morgan fingerprint density at radius 2 is 1.62 bits per heavy atom. The predicted octanol–water partition coefficient (Wildman–Crippen LogP) is 5.68. The molecule has 29 heavy (non-hydrogen) atoms. The number of nitrogens with zero attached hydrogens (tertiary/aromatic N) is 1. The molecule has 3 nitrogen and oxygen atoms in total. The standard InChI is InChI=1S/C26H23NO2/c1-17-8-2-5-13-22(17)27-23-14-7-15-24(28)26(23)21(16-25(27)29)20-12-6-10-18-9-3-4-11-19(18)20/h2-6,8-13,21H,7,14-16H2,1H3. The van der Waals surface area contributed by atoms with Gasteiger partial charge in [0.2, 0.25) is 5.91 Å². The van der Waals surface area contributed by atoms with Gasteiger partial charge in [-0.05, 0) is 47.7 Å². The highest BCUT2D eigenvalue weighted by molar-refractivity contribution is 6.08. The third-order valence-corrected chi connectivity index (χ3v) is 6.23. The van der Waals surface area contributed by atoms with Gasteiger partial charge in [0.05, 0.1) is 5.69 Å². The van der Waals surface area contributed by atoms with Crippen LogP contribution in [-0.2, 0) is 9.59 Å². The summed E-state index contributed by atoms with van der Waals surface area (Å²) in [6.07, 6.45) is 2.46. The Labute approximate surface area is 170 Å². The third-order valence-electron chi connectivity index (χ3n) is 6.23. The highest BCUT2D eigenvalue weighted by atomic mass is 16.2. The van der Waals surface area contributed by atoms with Crippen LogP contribution in [0.3, 0.4) is 0 Å². The van der Waals surface area contributed by atoms with Gasteiger partial charge in [-0.15, -0.1) is 0 Å². The van der Waals surface area contributed by atoms with Crippen LogP contribution >= 0.6 is 0 Å². The predicted molar refractivity (Wildman–Crippen MR) is 116 cm³/mol. The quantitative estimate of drug-likeness (QED) is 0.573. The second-order valence-electron chi connectivity index (χ2n) is 7.98. The van der Waals surface area contributed by atoms with Crippen LogP contribution in [0.25, 0.3) is 10.8 Å². The molecule has 1 heterocycles. The first kappa shape index (κ1) is 17.9. The molecule has 1 aliphatic heterocycles. The summed E-state index contributed by atoms with van der Waals surface area (Å²) in [5.41, 5.74) is 4.79. The lowest BCUT2D eigenvalue weighted by Gasteiger charge is -2.39. The number of Topliss-reactive ketones (excluding diaryl/α,β-unsaturated/α-hetero) is 1. The van der Waals surface area contributed by atoms with Crippen molar-refractivity contribution in [2.24, 2.45) is 0 Å². The number of hydrogen-bond acceptors (Lipinski definition) is 2. The van der Waals surface area contributed by atoms with Crippen molar-refractivity contribution in [3.8, 4) is 0 Å². The minimum Gasteiger partial charge on any atom is -0.294 e. The third kappa shape index (κ3) is 2.89. The molecular weight excluding hydrogens is 358 g/mol. The smallest absolute Gasteiger partial charge is 0.232 e. The Hall–Kier alpha value is -3.20. The van der Waals surface area contributed by atoms with Gasteiger partial charge in [-0.1, -0.05) is 60.7 Å². The number of aryl methyl sites for hydroxylation is 1. The molecule has 0 saturated heterocycles. The number of para-hydroxylation sites is 1. The van der Waals surface area contributed by atoms with Crippen molar-refractivity contribution in [2.75, 3.05) is 4.90 Å². The van der Waals surface area contributed by atoms with E-state index in [1.807, 2.05) is 54.3 Å². The van der Waals surface area contributed by atoms with Crippen molar-refractivity contribution in [3.05, 3.63) is 89.1 Å². The second kappa shape index (κ2) is 7.00. The number of hydrogen-bond donors (Lipinski definition) is 0. The Morgan fingerprint density at radius 3 is 2.48 bits per heavy atom. The first-order chi connectivity index (χ1) is 14.1. The molecule has 5 rings (SSSR count). The first-order valence-corrected chi connectivity index (χ1v) is 10.3. The normalized spacial score (nSPS) is 19.6. The van der Waals surface area contributed by atoms with E-state index in [1.54, 1.807) is 0 Å². The minimum absolute atomic E-state index is 0.0747. The molecule has 2 aliphatic rings. The topological polar surface area (TPSA) is 37.4 Å². The number of fused-ring (bicyclic) bond motifs is 1. The largest absolute Gasteiger partial charge is 0.294 e. The average Bonchev–Trinajstić information content (AvgIpc) is 2.74. The van der Waals surface area contributed by atoms with Crippen molar-refractivity contribution >= 4 is 28.2 Å². The van der Waals surface area contributed by atoms with Gasteiger partial charge in [0.25, 0.3) is 0 Å². The lowest BCUT2D eigenvalue weighted by Crippen LogP contribution is -2.40. The van der Waals surface area contributed by atoms with Gasteiger partial charge < -0.3 is 0 Å². The molecule has 144 valence electrons. The maximum atomic E-state index is 13.4. The minimum atomic E-state index is -0.170. The van der Waals surface area contributed by atoms with Crippen molar-refractivity contribution < 1.29 is 9.59 Å². The number of allylic oxidation sites excluding steroid dienone is 2. The lowest BCUT2D eigenvalue weighted by molar-refractivity contribution is -0.119. The van der Waals surface area contributed by atoms with E-state index in [0.717, 1.165) is 51.7 Å². The molecule has 1 atom stereocenters. The Morgan fingerprint density at radius 1 is 0.862 bits per heavy atom. The molecule has 0 fully saturated rings. The number of carbonyl (C=O) groups excluding carboxylic acids is 2. The van der Waals surface area contributed by atoms with Gasteiger partial charge in [0.15, 0.2) is 5.78 Å². The molecule has 0 bridgehead atoms. The van der Waals surface area contributed by atoms with E-state index in [9.17, 15) is 9.59 Å². The zero-order valence-electron chi connectivity index (χ0n) is 16.5. The van der Waals surface area contributed by atoms with Crippen molar-refractivity contribution in [2.45, 2.75) is 38.5 Å². The van der Waals surface area contributed by atoms with Crippen LogP contribution in [0.4, 0.5) is 5.69 Å². The molecule has 1 aliphatic carbocycles. The highest BCUT2D eigenvalue weighted by Gasteiger charge is 2.40. The van der Waals surface area contributed by atoms with E-state index in [4.69, 9.17) is 0 Å². The molecule has 0 aromatic heterocycles. The summed E-state index contributed by atoms with van der Waals surface area (Å²) >= 11 is 0. The van der Waals surface area contributed by atoms with Crippen LogP contribution in [-0.4, -0.2) is 11.7 Å². The molecule has 3 aromatic carbocycles. The number of amides is 1. The van der Waals surface area contributed by atoms with Gasteiger partial charge in [-0.3, -0.25) is 14.5 Å². The summed E-state index contributed by atoms with van der Waals surface area (Å²) in [7, 11) is 0. The number of rotatable bonds is 2. The van der Waals surface area contributed by atoms with Crippen molar-refractivity contribution in [1.82, 2.24) is 0 Å². The molecule has 0 radical (unpaired) electrons. The molecule has 3 heteroatoms. The summed E-state index contributed by atoms with van der Waals surface area (Å²) in [5, 5.41) is 2.27. The molecule has 0 spiro atoms. The van der Waals surface area contributed by atoms with E-state index in [2.05, 4.69) is 24.3 Å². The number of benzene rings is 3. The zero-order chi connectivity index (χ0) is 20.0. The van der Waals surface area contributed by atoms with Gasteiger partial charge >= 0.3 is 0 Å². The molecule has 0 saturated carbocycles. The van der Waals surface area contributed by atoms with E-state index in [-0.39, 0.29) is 17.6 Å². The summed E-state index contributed by atoms with van der Waals surface area (Å²) < 4.78 is 0. The monoisotopic (exact) mass is 381 g/mol. The van der Waals surface area contributed by atoms with Crippen LogP contribution < -0.4 is 4.90 Å². The lowest BCUT2D eigenvalue weighted by atomic mass is 9.76. The van der Waals surface area contributed by atoms with Crippen LogP contribution in [0, 0.1) is 6.92 Å². The first-order valence-electron chi connectivity index (χ1n) is 10.3. The summed E-state index contributed by atoms with van der Waals surface area (Å²) in [6.45, 7) is 2.02. The van der Waals surface area contributed by atoms with E-state index >= 15 is 0 Å². The molecular formula is C26H23NO2. The van der Waals surface area contributed by atoms with Crippen LogP contribution in [0.15, 0.2) is 78.0 Å². The van der Waals surface area contributed by atoms with Crippen molar-refractivity contribution in [1.29, 1.82) is 0 Å². The van der Waals surface area contributed by atoms with E-state index in [0.29, 0.717) is 12.8 Å². The SMILES string of the molecule is Cc1ccccc1N1C(=O)CC(c2cccc3ccccc23)C2=C1CCCC2=O. The van der Waals surface area contributed by atoms with Crippen LogP contribution in [0.2, 0.25) is 0 Å². The number of anilines is 1. The fourth-order valence-electron chi connectivity index (χ4n) is 4.91. The molecule has 1 unspecified atom stereocenters. The Balaban J connectivity index is 1.73. The second-order valence-corrected chi connectivity index (χ2v) is 7.98. The number of ketones is 1. The molecule has 3 aromatic rings. The van der Waals surface area contributed by atoms with Crippen LogP contribution in [0.5, 0.6) is 0 Å². The highest BCUT2D eigenvalue weighted by Crippen LogP contribution is 2.45. The summed E-state index contributed by atoms with van der Waals surface area (Å²) in [6, 6.07) is 22.4. The van der Waals surface area contributed by atoms with E-state index < -0.39 is 0 Å². The van der Waals surface area contributed by atoms with Gasteiger partial charge in [-0.25, -0.2) is 0 Å². The van der Waals surface area contributed by atoms with Crippen LogP contribution in [0.1, 0.15) is 42.7 Å². The van der Waals surface area contributed by atoms with Gasteiger partial charge in [-0.2, -0.15) is 0 Å². The maximum Gasteiger partial charge on any atom is 0.232 e. The zero-order valence-corrected chi connectivity index (χ0v) is 16.5. The average molecular weight is 381 g/mol. The van der Waals surface area contributed by atoms with E-state index in [1.165, 1.54) is 0 Å². The molecule has 0 N–H and O–H groups in total. The molecule has 1 amide bonds. The fraction of sp³-hybridized carbons (Fsp3) is 0.231. The van der Waals surface area contributed by atoms with Crippen molar-refractivity contribution in [3.63, 3.8) is 0 Å². The van der Waals surface area contributed by atoms with Gasteiger partial charge in [0, 0.05) is 30.0 Å². The Kier molecular flexibility index (Phi) is 4.31. The summed E-state index contributed by atoms with van der Waals surface area (Å²) in [5.74, 6) is 0.0950. The maximum absolute atomic E-state index is 13.4.